The molecule has 28 heavy (non-hydrogen) atoms. The van der Waals surface area contributed by atoms with Gasteiger partial charge in [-0.25, -0.2) is 0 Å². The van der Waals surface area contributed by atoms with Gasteiger partial charge in [-0.15, -0.1) is 0 Å². The Kier molecular flexibility index (Phi) is 6.41. The maximum Gasteiger partial charge on any atom is 0.257 e. The van der Waals surface area contributed by atoms with E-state index >= 15 is 0 Å². The number of piperidine rings is 1. The lowest BCUT2D eigenvalue weighted by molar-refractivity contribution is -0.159. The summed E-state index contributed by atoms with van der Waals surface area (Å²) in [5.74, 6) is 1.05. The van der Waals surface area contributed by atoms with E-state index in [0.29, 0.717) is 56.1 Å². The number of benzene rings is 1. The summed E-state index contributed by atoms with van der Waals surface area (Å²) in [6.45, 7) is 3.52. The number of nitrogens with zero attached hydrogens (tertiary/aromatic N) is 2. The lowest BCUT2D eigenvalue weighted by atomic mass is 9.90. The van der Waals surface area contributed by atoms with Crippen molar-refractivity contribution in [3.05, 3.63) is 23.8 Å². The van der Waals surface area contributed by atoms with Crippen molar-refractivity contribution < 1.29 is 23.8 Å². The minimum Gasteiger partial charge on any atom is -0.497 e. The summed E-state index contributed by atoms with van der Waals surface area (Å²) >= 11 is 0. The van der Waals surface area contributed by atoms with Crippen molar-refractivity contribution >= 4 is 11.8 Å². The predicted octanol–water partition coefficient (Wildman–Crippen LogP) is 0.757. The molecule has 8 heteroatoms. The molecule has 0 unspecified atom stereocenters. The highest BCUT2D eigenvalue weighted by atomic mass is 16.5. The summed E-state index contributed by atoms with van der Waals surface area (Å²) in [6, 6.07) is 5.16. The number of carbonyl (C=O) groups is 2. The summed E-state index contributed by atoms with van der Waals surface area (Å²) in [7, 11) is 4.71. The maximum absolute atomic E-state index is 13.1. The van der Waals surface area contributed by atoms with Crippen molar-refractivity contribution in [1.29, 1.82) is 0 Å². The van der Waals surface area contributed by atoms with Crippen LogP contribution in [0.15, 0.2) is 18.2 Å². The fourth-order valence-electron chi connectivity index (χ4n) is 3.88. The first-order valence-corrected chi connectivity index (χ1v) is 9.61. The van der Waals surface area contributed by atoms with Gasteiger partial charge in [0, 0.05) is 39.4 Å². The fourth-order valence-corrected chi connectivity index (χ4v) is 3.88. The summed E-state index contributed by atoms with van der Waals surface area (Å²) < 4.78 is 16.2. The molecule has 0 aliphatic carbocycles. The zero-order chi connectivity index (χ0) is 20.1. The molecule has 1 aromatic rings. The van der Waals surface area contributed by atoms with Crippen molar-refractivity contribution in [2.24, 2.45) is 0 Å². The first kappa shape index (κ1) is 20.4. The van der Waals surface area contributed by atoms with E-state index in [1.807, 2.05) is 4.90 Å². The van der Waals surface area contributed by atoms with Gasteiger partial charge in [0.2, 0.25) is 0 Å². The average Bonchev–Trinajstić information content (AvgIpc) is 2.78. The van der Waals surface area contributed by atoms with Crippen LogP contribution in [0.5, 0.6) is 11.5 Å². The van der Waals surface area contributed by atoms with Gasteiger partial charge >= 0.3 is 0 Å². The molecule has 154 valence electrons. The van der Waals surface area contributed by atoms with Crippen molar-refractivity contribution in [3.8, 4) is 11.5 Å². The minimum atomic E-state index is -0.739. The molecule has 2 fully saturated rings. The number of methoxy groups -OCH3 is 3. The molecule has 2 aliphatic heterocycles. The second-order valence-corrected chi connectivity index (χ2v) is 7.10. The number of hydrogen-bond acceptors (Lipinski definition) is 6. The average molecular weight is 391 g/mol. The van der Waals surface area contributed by atoms with Gasteiger partial charge in [-0.05, 0) is 38.1 Å². The topological polar surface area (TPSA) is 80.3 Å². The molecule has 2 saturated heterocycles. The van der Waals surface area contributed by atoms with E-state index in [1.165, 1.54) is 7.11 Å². The first-order valence-electron chi connectivity index (χ1n) is 9.61. The Labute approximate surface area is 165 Å². The van der Waals surface area contributed by atoms with Crippen LogP contribution in [0.3, 0.4) is 0 Å². The summed E-state index contributed by atoms with van der Waals surface area (Å²) in [5.41, 5.74) is -0.244. The van der Waals surface area contributed by atoms with Crippen LogP contribution in [0.4, 0.5) is 0 Å². The number of piperazine rings is 1. The van der Waals surface area contributed by atoms with Crippen LogP contribution in [0.2, 0.25) is 0 Å². The third kappa shape index (κ3) is 3.93. The number of rotatable bonds is 5. The van der Waals surface area contributed by atoms with Crippen LogP contribution in [0.1, 0.15) is 23.2 Å². The highest BCUT2D eigenvalue weighted by Crippen LogP contribution is 2.28. The summed E-state index contributed by atoms with van der Waals surface area (Å²) in [4.78, 5) is 29.6. The van der Waals surface area contributed by atoms with Crippen molar-refractivity contribution in [2.45, 2.75) is 18.4 Å². The molecular weight excluding hydrogens is 362 g/mol. The molecule has 3 rings (SSSR count). The van der Waals surface area contributed by atoms with E-state index in [9.17, 15) is 9.59 Å². The Morgan fingerprint density at radius 2 is 1.61 bits per heavy atom. The molecule has 0 saturated carbocycles. The van der Waals surface area contributed by atoms with Gasteiger partial charge in [-0.2, -0.15) is 0 Å². The lowest BCUT2D eigenvalue weighted by Crippen LogP contribution is -2.59. The second kappa shape index (κ2) is 8.79. The number of carbonyl (C=O) groups excluding carboxylic acids is 2. The SMILES string of the molecule is COc1ccc(C(=O)N2CCN(C(=O)C3(OC)CCNCC3)CC2)c(OC)c1. The standard InChI is InChI=1S/C20H29N3O5/c1-26-15-4-5-16(17(14-15)27-2)18(24)22-10-12-23(13-11-22)19(25)20(28-3)6-8-21-9-7-20/h4-5,14,21H,6-13H2,1-3H3. The highest BCUT2D eigenvalue weighted by molar-refractivity contribution is 5.97. The third-order valence-corrected chi connectivity index (χ3v) is 5.68. The number of amides is 2. The molecule has 0 spiro atoms. The van der Waals surface area contributed by atoms with Gasteiger partial charge in [-0.3, -0.25) is 9.59 Å². The smallest absolute Gasteiger partial charge is 0.257 e. The molecular formula is C20H29N3O5. The third-order valence-electron chi connectivity index (χ3n) is 5.68. The molecule has 0 aromatic heterocycles. The van der Waals surface area contributed by atoms with Crippen LogP contribution < -0.4 is 14.8 Å². The second-order valence-electron chi connectivity index (χ2n) is 7.10. The molecule has 1 N–H and O–H groups in total. The van der Waals surface area contributed by atoms with Gasteiger partial charge in [0.1, 0.15) is 17.1 Å². The van der Waals surface area contributed by atoms with E-state index in [4.69, 9.17) is 14.2 Å². The van der Waals surface area contributed by atoms with Crippen molar-refractivity contribution in [2.75, 3.05) is 60.6 Å². The van der Waals surface area contributed by atoms with E-state index in [0.717, 1.165) is 13.1 Å². The molecule has 1 aromatic carbocycles. The fraction of sp³-hybridized carbons (Fsp3) is 0.600. The van der Waals surface area contributed by atoms with Gasteiger partial charge < -0.3 is 29.3 Å². The molecule has 8 nitrogen and oxygen atoms in total. The van der Waals surface area contributed by atoms with Gasteiger partial charge in [0.05, 0.1) is 19.8 Å². The predicted molar refractivity (Wildman–Crippen MR) is 104 cm³/mol. The van der Waals surface area contributed by atoms with Gasteiger partial charge in [0.25, 0.3) is 11.8 Å². The molecule has 0 radical (unpaired) electrons. The molecule has 2 aliphatic rings. The van der Waals surface area contributed by atoms with Crippen LogP contribution in [0.25, 0.3) is 0 Å². The highest BCUT2D eigenvalue weighted by Gasteiger charge is 2.43. The summed E-state index contributed by atoms with van der Waals surface area (Å²) in [6.07, 6.45) is 1.34. The van der Waals surface area contributed by atoms with Crippen molar-refractivity contribution in [1.82, 2.24) is 15.1 Å². The minimum absolute atomic E-state index is 0.0330. The van der Waals surface area contributed by atoms with E-state index in [2.05, 4.69) is 5.32 Å². The Bertz CT molecular complexity index is 710. The van der Waals surface area contributed by atoms with Gasteiger partial charge in [-0.1, -0.05) is 0 Å². The zero-order valence-corrected chi connectivity index (χ0v) is 16.8. The van der Waals surface area contributed by atoms with Crippen molar-refractivity contribution in [3.63, 3.8) is 0 Å². The number of hydrogen-bond donors (Lipinski definition) is 1. The van der Waals surface area contributed by atoms with E-state index in [1.54, 1.807) is 37.3 Å². The molecule has 0 bridgehead atoms. The molecule has 2 heterocycles. The monoisotopic (exact) mass is 391 g/mol. The normalized spacial score (nSPS) is 19.2. The van der Waals surface area contributed by atoms with E-state index < -0.39 is 5.60 Å². The number of ether oxygens (including phenoxy) is 3. The van der Waals surface area contributed by atoms with Crippen LogP contribution in [-0.4, -0.2) is 87.8 Å². The first-order chi connectivity index (χ1) is 13.5. The van der Waals surface area contributed by atoms with Gasteiger partial charge in [0.15, 0.2) is 0 Å². The number of nitrogens with one attached hydrogen (secondary N) is 1. The quantitative estimate of drug-likeness (QED) is 0.798. The Morgan fingerprint density at radius 1 is 0.964 bits per heavy atom. The van der Waals surface area contributed by atoms with Crippen LogP contribution >= 0.6 is 0 Å². The zero-order valence-electron chi connectivity index (χ0n) is 16.8. The maximum atomic E-state index is 13.1. The van der Waals surface area contributed by atoms with Crippen LogP contribution in [-0.2, 0) is 9.53 Å². The molecule has 2 amide bonds. The Balaban J connectivity index is 1.65. The van der Waals surface area contributed by atoms with Crippen LogP contribution in [0, 0.1) is 0 Å². The Morgan fingerprint density at radius 3 is 2.18 bits per heavy atom. The Hall–Kier alpha value is -2.32. The van der Waals surface area contributed by atoms with E-state index in [-0.39, 0.29) is 11.8 Å². The largest absolute Gasteiger partial charge is 0.497 e. The lowest BCUT2D eigenvalue weighted by Gasteiger charge is -2.42. The summed E-state index contributed by atoms with van der Waals surface area (Å²) in [5, 5.41) is 3.27. The molecule has 0 atom stereocenters.